The molecule has 0 saturated carbocycles. The van der Waals surface area contributed by atoms with E-state index in [2.05, 4.69) is 5.32 Å². The lowest BCUT2D eigenvalue weighted by Crippen LogP contribution is -2.38. The highest BCUT2D eigenvalue weighted by atomic mass is 32.2. The van der Waals surface area contributed by atoms with Gasteiger partial charge in [0, 0.05) is 18.2 Å². The summed E-state index contributed by atoms with van der Waals surface area (Å²) in [7, 11) is -3.35. The molecule has 1 saturated heterocycles. The first kappa shape index (κ1) is 18.3. The van der Waals surface area contributed by atoms with Crippen molar-refractivity contribution in [3.8, 4) is 0 Å². The van der Waals surface area contributed by atoms with E-state index in [1.54, 1.807) is 13.0 Å². The smallest absolute Gasteiger partial charge is 0.255 e. The van der Waals surface area contributed by atoms with Crippen LogP contribution in [-0.4, -0.2) is 26.6 Å². The predicted octanol–water partition coefficient (Wildman–Crippen LogP) is 3.46. The maximum absolute atomic E-state index is 13.7. The Hall–Kier alpha value is -2.48. The summed E-state index contributed by atoms with van der Waals surface area (Å²) in [6, 6.07) is 7.36. The molecular formula is C18H18F2N2O3S. The Balaban J connectivity index is 1.85. The first-order valence-electron chi connectivity index (χ1n) is 8.15. The molecule has 1 aliphatic rings. The summed E-state index contributed by atoms with van der Waals surface area (Å²) in [6.07, 6.45) is 1.41. The van der Waals surface area contributed by atoms with Gasteiger partial charge in [-0.2, -0.15) is 0 Å². The van der Waals surface area contributed by atoms with E-state index in [0.717, 1.165) is 24.6 Å². The third-order valence-corrected chi connectivity index (χ3v) is 6.11. The third-order valence-electron chi connectivity index (χ3n) is 4.25. The van der Waals surface area contributed by atoms with Crippen LogP contribution in [-0.2, 0) is 10.0 Å². The Morgan fingerprint density at radius 3 is 2.58 bits per heavy atom. The number of amides is 1. The lowest BCUT2D eigenvalue weighted by atomic mass is 10.1. The quantitative estimate of drug-likeness (QED) is 0.887. The van der Waals surface area contributed by atoms with Crippen molar-refractivity contribution in [3.63, 3.8) is 0 Å². The third kappa shape index (κ3) is 3.70. The second-order valence-corrected chi connectivity index (χ2v) is 8.19. The van der Waals surface area contributed by atoms with Crippen LogP contribution in [0.4, 0.5) is 20.2 Å². The number of carbonyl (C=O) groups is 1. The molecule has 1 amide bonds. The van der Waals surface area contributed by atoms with E-state index in [1.807, 2.05) is 0 Å². The Kier molecular flexibility index (Phi) is 4.95. The number of hydrogen-bond acceptors (Lipinski definition) is 3. The molecular weight excluding hydrogens is 362 g/mol. The number of halogens is 2. The first-order chi connectivity index (χ1) is 12.3. The normalized spacial score (nSPS) is 16.3. The maximum atomic E-state index is 13.7. The molecule has 0 spiro atoms. The SMILES string of the molecule is Cc1cc(C(=O)Nc2cc(F)ccc2F)ccc1N1CCCCS1(=O)=O. The van der Waals surface area contributed by atoms with Crippen LogP contribution in [0.15, 0.2) is 36.4 Å². The molecule has 0 aliphatic carbocycles. The van der Waals surface area contributed by atoms with Gasteiger partial charge in [0.1, 0.15) is 11.6 Å². The number of rotatable bonds is 3. The van der Waals surface area contributed by atoms with Crippen molar-refractivity contribution in [1.82, 2.24) is 0 Å². The standard InChI is InChI=1S/C18H18F2N2O3S/c1-12-10-13(18(23)21-16-11-14(19)5-6-15(16)20)4-7-17(12)22-8-2-3-9-26(22,24)25/h4-7,10-11H,2-3,8-9H2,1H3,(H,21,23). The van der Waals surface area contributed by atoms with Crippen LogP contribution in [0.25, 0.3) is 0 Å². The van der Waals surface area contributed by atoms with Crippen molar-refractivity contribution in [2.45, 2.75) is 19.8 Å². The molecule has 1 aliphatic heterocycles. The van der Waals surface area contributed by atoms with Gasteiger partial charge in [0.25, 0.3) is 5.91 Å². The van der Waals surface area contributed by atoms with Gasteiger partial charge in [-0.3, -0.25) is 9.10 Å². The number of nitrogens with zero attached hydrogens (tertiary/aromatic N) is 1. The minimum absolute atomic E-state index is 0.105. The lowest BCUT2D eigenvalue weighted by Gasteiger charge is -2.29. The summed E-state index contributed by atoms with van der Waals surface area (Å²) >= 11 is 0. The van der Waals surface area contributed by atoms with E-state index in [0.29, 0.717) is 24.2 Å². The van der Waals surface area contributed by atoms with Gasteiger partial charge in [-0.25, -0.2) is 17.2 Å². The van der Waals surface area contributed by atoms with Crippen LogP contribution >= 0.6 is 0 Å². The minimum atomic E-state index is -3.35. The molecule has 26 heavy (non-hydrogen) atoms. The highest BCUT2D eigenvalue weighted by Crippen LogP contribution is 2.28. The Morgan fingerprint density at radius 2 is 1.88 bits per heavy atom. The zero-order valence-electron chi connectivity index (χ0n) is 14.1. The number of anilines is 2. The second kappa shape index (κ2) is 7.03. The molecule has 0 aromatic heterocycles. The van der Waals surface area contributed by atoms with E-state index >= 15 is 0 Å². The molecule has 0 atom stereocenters. The van der Waals surface area contributed by atoms with Crippen LogP contribution in [0.5, 0.6) is 0 Å². The molecule has 2 aromatic rings. The molecule has 1 heterocycles. The number of benzene rings is 2. The number of aryl methyl sites for hydroxylation is 1. The Bertz CT molecular complexity index is 961. The number of carbonyl (C=O) groups excluding carboxylic acids is 1. The van der Waals surface area contributed by atoms with E-state index in [9.17, 15) is 22.0 Å². The summed E-state index contributed by atoms with van der Waals surface area (Å²) in [4.78, 5) is 12.3. The number of sulfonamides is 1. The molecule has 1 N–H and O–H groups in total. The highest BCUT2D eigenvalue weighted by molar-refractivity contribution is 7.92. The van der Waals surface area contributed by atoms with E-state index < -0.39 is 27.6 Å². The van der Waals surface area contributed by atoms with Crippen LogP contribution in [0.3, 0.4) is 0 Å². The van der Waals surface area contributed by atoms with Crippen molar-refractivity contribution in [1.29, 1.82) is 0 Å². The summed E-state index contributed by atoms with van der Waals surface area (Å²) in [5.74, 6) is -1.91. The molecule has 5 nitrogen and oxygen atoms in total. The van der Waals surface area contributed by atoms with Crippen LogP contribution < -0.4 is 9.62 Å². The van der Waals surface area contributed by atoms with Gasteiger partial charge in [-0.15, -0.1) is 0 Å². The fourth-order valence-corrected chi connectivity index (χ4v) is 4.62. The fourth-order valence-electron chi connectivity index (χ4n) is 2.92. The summed E-state index contributed by atoms with van der Waals surface area (Å²) < 4.78 is 52.7. The van der Waals surface area contributed by atoms with Gasteiger partial charge in [-0.1, -0.05) is 0 Å². The van der Waals surface area contributed by atoms with Gasteiger partial charge >= 0.3 is 0 Å². The van der Waals surface area contributed by atoms with Crippen LogP contribution in [0.2, 0.25) is 0 Å². The maximum Gasteiger partial charge on any atom is 0.255 e. The molecule has 0 bridgehead atoms. The molecule has 138 valence electrons. The van der Waals surface area contributed by atoms with Gasteiger partial charge < -0.3 is 5.32 Å². The van der Waals surface area contributed by atoms with Crippen molar-refractivity contribution < 1.29 is 22.0 Å². The number of nitrogens with one attached hydrogen (secondary N) is 1. The largest absolute Gasteiger partial charge is 0.319 e. The zero-order chi connectivity index (χ0) is 18.9. The Labute approximate surface area is 150 Å². The Morgan fingerprint density at radius 1 is 1.12 bits per heavy atom. The number of hydrogen-bond donors (Lipinski definition) is 1. The fraction of sp³-hybridized carbons (Fsp3) is 0.278. The molecule has 2 aromatic carbocycles. The average Bonchev–Trinajstić information content (AvgIpc) is 2.58. The minimum Gasteiger partial charge on any atom is -0.319 e. The zero-order valence-corrected chi connectivity index (χ0v) is 14.9. The van der Waals surface area contributed by atoms with E-state index in [1.165, 1.54) is 16.4 Å². The molecule has 0 unspecified atom stereocenters. The summed E-state index contributed by atoms with van der Waals surface area (Å²) in [5.41, 5.74) is 1.11. The van der Waals surface area contributed by atoms with E-state index in [-0.39, 0.29) is 17.0 Å². The van der Waals surface area contributed by atoms with Gasteiger partial charge in [-0.05, 0) is 55.7 Å². The van der Waals surface area contributed by atoms with Crippen molar-refractivity contribution in [3.05, 3.63) is 59.2 Å². The van der Waals surface area contributed by atoms with Gasteiger partial charge in [0.05, 0.1) is 17.1 Å². The van der Waals surface area contributed by atoms with Crippen LogP contribution in [0.1, 0.15) is 28.8 Å². The average molecular weight is 380 g/mol. The predicted molar refractivity (Wildman–Crippen MR) is 95.9 cm³/mol. The first-order valence-corrected chi connectivity index (χ1v) is 9.76. The van der Waals surface area contributed by atoms with Gasteiger partial charge in [0.15, 0.2) is 0 Å². The molecule has 1 fully saturated rings. The lowest BCUT2D eigenvalue weighted by molar-refractivity contribution is 0.102. The van der Waals surface area contributed by atoms with Crippen LogP contribution in [0, 0.1) is 18.6 Å². The van der Waals surface area contributed by atoms with Crippen molar-refractivity contribution >= 4 is 27.3 Å². The molecule has 0 radical (unpaired) electrons. The summed E-state index contributed by atoms with van der Waals surface area (Å²) in [6.45, 7) is 2.11. The topological polar surface area (TPSA) is 66.5 Å². The van der Waals surface area contributed by atoms with Crippen molar-refractivity contribution in [2.24, 2.45) is 0 Å². The van der Waals surface area contributed by atoms with E-state index in [4.69, 9.17) is 0 Å². The van der Waals surface area contributed by atoms with Crippen molar-refractivity contribution in [2.75, 3.05) is 21.9 Å². The second-order valence-electron chi connectivity index (χ2n) is 6.17. The summed E-state index contributed by atoms with van der Waals surface area (Å²) in [5, 5.41) is 2.32. The molecule has 3 rings (SSSR count). The molecule has 8 heteroatoms. The monoisotopic (exact) mass is 380 g/mol. The van der Waals surface area contributed by atoms with Gasteiger partial charge in [0.2, 0.25) is 10.0 Å². The highest BCUT2D eigenvalue weighted by Gasteiger charge is 2.27.